The summed E-state index contributed by atoms with van der Waals surface area (Å²) in [5, 5.41) is 4.55. The van der Waals surface area contributed by atoms with Crippen LogP contribution in [0.4, 0.5) is 5.69 Å². The summed E-state index contributed by atoms with van der Waals surface area (Å²) in [5.74, 6) is -0.166. The number of benzene rings is 5. The molecular formula is C77H85Br2N5O. The van der Waals surface area contributed by atoms with Gasteiger partial charge in [0.25, 0.3) is 5.91 Å². The molecule has 0 unspecified atom stereocenters. The summed E-state index contributed by atoms with van der Waals surface area (Å²) in [6, 6.07) is 44.4. The second-order valence-corrected chi connectivity index (χ2v) is 30.8. The van der Waals surface area contributed by atoms with E-state index in [1.54, 1.807) is 0 Å². The van der Waals surface area contributed by atoms with E-state index in [2.05, 4.69) is 287 Å². The molecule has 3 N–H and O–H groups in total. The fourth-order valence-electron chi connectivity index (χ4n) is 11.3. The van der Waals surface area contributed by atoms with Crippen LogP contribution < -0.4 is 5.32 Å². The number of alkyl halides is 2. The Bertz CT molecular complexity index is 4010. The fourth-order valence-corrected chi connectivity index (χ4v) is 12.3. The van der Waals surface area contributed by atoms with E-state index < -0.39 is 0 Å². The highest BCUT2D eigenvalue weighted by Gasteiger charge is 2.28. The van der Waals surface area contributed by atoms with Gasteiger partial charge in [-0.05, 0) is 172 Å². The van der Waals surface area contributed by atoms with Gasteiger partial charge in [0.05, 0.1) is 22.8 Å². The lowest BCUT2D eigenvalue weighted by Crippen LogP contribution is -2.16. The number of rotatable bonds is 8. The van der Waals surface area contributed by atoms with Crippen LogP contribution >= 0.6 is 31.9 Å². The Balaban J connectivity index is 1.35. The van der Waals surface area contributed by atoms with Crippen molar-refractivity contribution in [3.63, 3.8) is 0 Å². The first-order valence-electron chi connectivity index (χ1n) is 30.0. The molecule has 438 valence electrons. The zero-order valence-corrected chi connectivity index (χ0v) is 56.5. The standard InChI is InChI=1S/C77H85Br2N5O/c1-72(2,3)52-34-48(35-53(40-52)73(4,5)6)68-61-27-25-59(81-61)67(45-21-23-58(24-22-45)80-71(85)46-19-20-47(43-78)51(33-46)44-79)60-26-28-62(82-60)69(49-36-54(74(7,8)9)41-55(37-49)75(10,11)12)64-30-32-66(84-64)70(65-31-29-63(68)83-65)50-38-56(76(13,14)15)42-57(39-50)77(16,17)18/h19-42,81,84H,43-44H2,1-18H3,(H,80,85). The van der Waals surface area contributed by atoms with Crippen LogP contribution in [-0.2, 0) is 43.2 Å². The van der Waals surface area contributed by atoms with Crippen molar-refractivity contribution in [2.24, 2.45) is 0 Å². The van der Waals surface area contributed by atoms with Crippen molar-refractivity contribution < 1.29 is 4.79 Å². The average Bonchev–Trinajstić information content (AvgIpc) is 2.02. The first-order valence-corrected chi connectivity index (χ1v) is 32.2. The average molecular weight is 1260 g/mol. The lowest BCUT2D eigenvalue weighted by Gasteiger charge is -2.26. The second-order valence-electron chi connectivity index (χ2n) is 29.7. The lowest BCUT2D eigenvalue weighted by atomic mass is 9.78. The summed E-state index contributed by atoms with van der Waals surface area (Å²) in [4.78, 5) is 33.5. The number of nitrogens with zero attached hydrogens (tertiary/aromatic N) is 2. The van der Waals surface area contributed by atoms with Crippen LogP contribution in [0.1, 0.15) is 202 Å². The Hall–Kier alpha value is -6.87. The Kier molecular flexibility index (Phi) is 16.2. The highest BCUT2D eigenvalue weighted by molar-refractivity contribution is 9.09. The molecule has 3 aromatic heterocycles. The van der Waals surface area contributed by atoms with E-state index >= 15 is 0 Å². The lowest BCUT2D eigenvalue weighted by molar-refractivity contribution is 0.102. The van der Waals surface area contributed by atoms with E-state index in [-0.39, 0.29) is 38.4 Å². The van der Waals surface area contributed by atoms with E-state index in [4.69, 9.17) is 9.97 Å². The maximum atomic E-state index is 13.9. The monoisotopic (exact) mass is 1250 g/mol. The van der Waals surface area contributed by atoms with Gasteiger partial charge < -0.3 is 15.3 Å². The molecule has 0 spiro atoms. The van der Waals surface area contributed by atoms with Crippen LogP contribution in [-0.4, -0.2) is 25.8 Å². The number of anilines is 1. The summed E-state index contributed by atoms with van der Waals surface area (Å²) >= 11 is 7.22. The van der Waals surface area contributed by atoms with E-state index in [9.17, 15) is 4.79 Å². The van der Waals surface area contributed by atoms with Crippen molar-refractivity contribution in [3.8, 4) is 44.5 Å². The minimum absolute atomic E-state index is 0.119. The number of fused-ring (bicyclic) bond motifs is 8. The summed E-state index contributed by atoms with van der Waals surface area (Å²) < 4.78 is 0. The third kappa shape index (κ3) is 12.8. The zero-order valence-electron chi connectivity index (χ0n) is 53.3. The molecule has 0 saturated heterocycles. The number of carbonyl (C=O) groups excluding carboxylic acids is 1. The number of halogens is 2. The molecule has 5 heterocycles. The summed E-state index contributed by atoms with van der Waals surface area (Å²) in [7, 11) is 0. The number of carbonyl (C=O) groups is 1. The Morgan fingerprint density at radius 3 is 0.941 bits per heavy atom. The van der Waals surface area contributed by atoms with E-state index in [1.807, 2.05) is 30.3 Å². The molecule has 5 aromatic carbocycles. The molecule has 0 saturated carbocycles. The van der Waals surface area contributed by atoms with Gasteiger partial charge in [-0.1, -0.05) is 229 Å². The SMILES string of the molecule is CC(C)(C)c1cc(-c2c3nc(c(-c4cc(C(C)(C)C)cc(C(C)(C)C)c4)c4ccc([nH]4)c(-c4cc(C(C)(C)C)cc(C(C)(C)C)c4)c4nc(c(-c5ccc(NC(=O)c6ccc(CBr)c(CBr)c6)cc5)c5ccc2[nH]5)C=C4)C=C3)cc(C(C)(C)C)c1. The summed E-state index contributed by atoms with van der Waals surface area (Å²) in [6.45, 7) is 41.4. The zero-order chi connectivity index (χ0) is 61.5. The molecule has 8 bridgehead atoms. The van der Waals surface area contributed by atoms with Crippen LogP contribution in [0.25, 0.3) is 90.9 Å². The fraction of sp³-hybridized carbons (Fsp3) is 0.338. The van der Waals surface area contributed by atoms with Crippen LogP contribution in [0.2, 0.25) is 0 Å². The van der Waals surface area contributed by atoms with Crippen LogP contribution in [0.3, 0.4) is 0 Å². The van der Waals surface area contributed by atoms with E-state index in [0.29, 0.717) is 21.9 Å². The number of H-pyrrole nitrogens is 2. The highest BCUT2D eigenvalue weighted by atomic mass is 79.9. The first kappa shape index (κ1) is 61.2. The molecule has 0 fully saturated rings. The maximum Gasteiger partial charge on any atom is 0.255 e. The van der Waals surface area contributed by atoms with E-state index in [0.717, 1.165) is 100 Å². The Morgan fingerprint density at radius 1 is 0.365 bits per heavy atom. The van der Waals surface area contributed by atoms with Gasteiger partial charge in [-0.25, -0.2) is 9.97 Å². The van der Waals surface area contributed by atoms with Gasteiger partial charge in [0.15, 0.2) is 0 Å². The molecule has 0 atom stereocenters. The first-order chi connectivity index (χ1) is 39.7. The topological polar surface area (TPSA) is 86.5 Å². The van der Waals surface area contributed by atoms with Crippen molar-refractivity contribution >= 4 is 89.8 Å². The minimum atomic E-state index is -0.166. The molecule has 10 rings (SSSR count). The van der Waals surface area contributed by atoms with Crippen LogP contribution in [0.15, 0.2) is 121 Å². The number of nitrogens with one attached hydrogen (secondary N) is 3. The molecule has 2 aliphatic rings. The molecule has 8 aromatic rings. The van der Waals surface area contributed by atoms with Crippen LogP contribution in [0.5, 0.6) is 0 Å². The van der Waals surface area contributed by atoms with Crippen molar-refractivity contribution in [3.05, 3.63) is 194 Å². The molecule has 0 aliphatic carbocycles. The van der Waals surface area contributed by atoms with Crippen molar-refractivity contribution in [2.45, 2.75) is 168 Å². The van der Waals surface area contributed by atoms with Crippen molar-refractivity contribution in [1.29, 1.82) is 0 Å². The molecule has 2 aliphatic heterocycles. The largest absolute Gasteiger partial charge is 0.354 e. The van der Waals surface area contributed by atoms with Gasteiger partial charge in [0.2, 0.25) is 0 Å². The third-order valence-corrected chi connectivity index (χ3v) is 18.0. The number of aromatic nitrogens is 4. The molecule has 0 radical (unpaired) electrons. The Labute approximate surface area is 522 Å². The smallest absolute Gasteiger partial charge is 0.255 e. The predicted molar refractivity (Wildman–Crippen MR) is 372 cm³/mol. The normalized spacial score (nSPS) is 13.2. The van der Waals surface area contributed by atoms with Crippen LogP contribution in [0, 0.1) is 0 Å². The quantitative estimate of drug-likeness (QED) is 0.133. The molecular weight excluding hydrogens is 1170 g/mol. The predicted octanol–water partition coefficient (Wildman–Crippen LogP) is 22.2. The van der Waals surface area contributed by atoms with Gasteiger partial charge in [0, 0.05) is 66.2 Å². The maximum absolute atomic E-state index is 13.9. The second kappa shape index (κ2) is 22.4. The molecule has 1 amide bonds. The third-order valence-electron chi connectivity index (χ3n) is 16.8. The summed E-state index contributed by atoms with van der Waals surface area (Å²) in [5.41, 5.74) is 25.8. The molecule has 85 heavy (non-hydrogen) atoms. The molecule has 8 heteroatoms. The minimum Gasteiger partial charge on any atom is -0.354 e. The van der Waals surface area contributed by atoms with Gasteiger partial charge in [-0.2, -0.15) is 0 Å². The van der Waals surface area contributed by atoms with Gasteiger partial charge in [-0.15, -0.1) is 0 Å². The van der Waals surface area contributed by atoms with E-state index in [1.165, 1.54) is 33.4 Å². The Morgan fingerprint density at radius 2 is 0.659 bits per heavy atom. The number of hydrogen-bond donors (Lipinski definition) is 3. The summed E-state index contributed by atoms with van der Waals surface area (Å²) in [6.07, 6.45) is 8.79. The van der Waals surface area contributed by atoms with Crippen molar-refractivity contribution in [1.82, 2.24) is 19.9 Å². The number of amides is 1. The van der Waals surface area contributed by atoms with Crippen molar-refractivity contribution in [2.75, 3.05) is 5.32 Å². The number of aromatic amines is 2. The highest BCUT2D eigenvalue weighted by Crippen LogP contribution is 2.44. The van der Waals surface area contributed by atoms with Gasteiger partial charge in [0.1, 0.15) is 0 Å². The van der Waals surface area contributed by atoms with Gasteiger partial charge >= 0.3 is 0 Å². The van der Waals surface area contributed by atoms with Gasteiger partial charge in [-0.3, -0.25) is 4.79 Å². The molecule has 6 nitrogen and oxygen atoms in total. The number of hydrogen-bond acceptors (Lipinski definition) is 3.